The first-order valence-electron chi connectivity index (χ1n) is 12.3. The summed E-state index contributed by atoms with van der Waals surface area (Å²) in [5.41, 5.74) is 0. The predicted molar refractivity (Wildman–Crippen MR) is 134 cm³/mol. The Morgan fingerprint density at radius 2 is 0.269 bits per heavy atom. The Balaban J connectivity index is -0.0000000348. The maximum absolute atomic E-state index is 9.34. The molecule has 0 heterocycles. The minimum Gasteiger partial charge on any atom is -0.547 e. The van der Waals surface area contributed by atoms with Crippen LogP contribution in [0.25, 0.3) is 0 Å². The molecule has 0 aromatic heterocycles. The number of carbonyl (C=O) groups excluding carboxylic acids is 8. The van der Waals surface area contributed by atoms with E-state index < -0.39 is 96.6 Å². The van der Waals surface area contributed by atoms with Crippen molar-refractivity contribution in [2.75, 3.05) is 0 Å². The molecule has 0 amide bonds. The molecule has 8 N–H and O–H groups in total. The fourth-order valence-corrected chi connectivity index (χ4v) is 0. The van der Waals surface area contributed by atoms with E-state index in [1.807, 2.05) is 0 Å². The molecule has 0 aromatic carbocycles. The molecule has 0 bridgehead atoms. The number of rotatable bonds is 8. The van der Waals surface area contributed by atoms with Gasteiger partial charge in [-0.25, -0.2) is 0 Å². The maximum atomic E-state index is 9.34. The molecule has 8 atom stereocenters. The Hall–Kier alpha value is -2.53. The molecule has 316 valence electrons. The monoisotopic (exact) mass is 948 g/mol. The summed E-state index contributed by atoms with van der Waals surface area (Å²) in [4.78, 5) is 74.7. The number of carboxylic acids is 8. The van der Waals surface area contributed by atoms with Gasteiger partial charge in [-0.05, 0) is 55.4 Å². The topological polar surface area (TPSA) is 483 Å². The van der Waals surface area contributed by atoms with Crippen LogP contribution in [0.5, 0.6) is 0 Å². The van der Waals surface area contributed by atoms with Crippen molar-refractivity contribution in [3.05, 3.63) is 0 Å². The number of aliphatic hydroxyl groups is 8. The van der Waals surface area contributed by atoms with Gasteiger partial charge in [0.2, 0.25) is 0 Å². The van der Waals surface area contributed by atoms with Gasteiger partial charge in [0, 0.05) is 0 Å². The number of hydrogen-bond acceptors (Lipinski definition) is 24. The van der Waals surface area contributed by atoms with Crippen LogP contribution in [0.3, 0.4) is 0 Å². The molecule has 0 aliphatic rings. The van der Waals surface area contributed by atoms with Crippen molar-refractivity contribution < 1.29 is 187 Å². The summed E-state index contributed by atoms with van der Waals surface area (Å²) < 4.78 is 0. The first-order chi connectivity index (χ1) is 21.1. The average molecular weight is 948 g/mol. The summed E-state index contributed by atoms with van der Waals surface area (Å²) in [6.07, 6.45) is -10.7. The molecule has 0 fully saturated rings. The molecule has 0 rings (SSSR count). The van der Waals surface area contributed by atoms with E-state index in [9.17, 15) is 79.2 Å². The zero-order valence-electron chi connectivity index (χ0n) is 28.1. The fraction of sp³-hybridized carbons (Fsp3) is 0.667. The minimum absolute atomic E-state index is 0. The zero-order valence-corrected chi connectivity index (χ0v) is 32.2. The van der Waals surface area contributed by atoms with E-state index in [1.165, 1.54) is 0 Å². The van der Waals surface area contributed by atoms with E-state index in [-0.39, 0.29) is 67.1 Å². The van der Waals surface area contributed by atoms with E-state index in [0.717, 1.165) is 55.4 Å². The second-order valence-electron chi connectivity index (χ2n) is 7.96. The van der Waals surface area contributed by atoms with Crippen molar-refractivity contribution in [1.82, 2.24) is 0 Å². The molecule has 4 radical (unpaired) electrons. The Morgan fingerprint density at radius 1 is 0.250 bits per heavy atom. The fourth-order valence-electron chi connectivity index (χ4n) is 0. The number of carbonyl (C=O) groups is 8. The molecule has 0 saturated carbocycles. The smallest absolute Gasteiger partial charge is 0.547 e. The van der Waals surface area contributed by atoms with Crippen LogP contribution in [0, 0.1) is 0 Å². The molecule has 0 saturated heterocycles. The molecule has 28 heteroatoms. The van der Waals surface area contributed by atoms with Crippen LogP contribution < -0.4 is 40.9 Å². The van der Waals surface area contributed by atoms with E-state index in [0.29, 0.717) is 0 Å². The van der Waals surface area contributed by atoms with Crippen LogP contribution >= 0.6 is 0 Å². The summed E-state index contributed by atoms with van der Waals surface area (Å²) in [6.45, 7) is 9.07. The van der Waals surface area contributed by atoms with Crippen LogP contribution in [-0.4, -0.2) is 137 Å². The summed E-state index contributed by atoms with van der Waals surface area (Å²) in [7, 11) is 0. The van der Waals surface area contributed by atoms with Gasteiger partial charge in [0.15, 0.2) is 0 Å². The Kier molecular flexibility index (Phi) is 84.1. The Morgan fingerprint density at radius 3 is 0.269 bits per heavy atom. The van der Waals surface area contributed by atoms with Gasteiger partial charge in [0.1, 0.15) is 0 Å². The van der Waals surface area contributed by atoms with Gasteiger partial charge in [-0.2, -0.15) is 0 Å². The second kappa shape index (κ2) is 52.8. The molecule has 24 nitrogen and oxygen atoms in total. The first-order valence-corrected chi connectivity index (χ1v) is 12.3. The molecule has 0 spiro atoms. The zero-order chi connectivity index (χ0) is 41.2. The third-order valence-electron chi connectivity index (χ3n) is 2.73. The Bertz CT molecular complexity index is 693. The molecule has 8 unspecified atom stereocenters. The first kappa shape index (κ1) is 82.8. The van der Waals surface area contributed by atoms with Crippen LogP contribution in [0.15, 0.2) is 0 Å². The van der Waals surface area contributed by atoms with Crippen molar-refractivity contribution in [3.63, 3.8) is 0 Å². The van der Waals surface area contributed by atoms with Gasteiger partial charge in [0.25, 0.3) is 0 Å². The van der Waals surface area contributed by atoms with Crippen molar-refractivity contribution in [3.8, 4) is 0 Å². The standard InChI is InChI=1S/8C3H6O3.4Co/c8*1-2(4)3(5)6;;;;/h8*2,4H,1H3,(H,5,6);;;;/q;;;;;;;;4*+2/p-8. The average Bonchev–Trinajstić information content (AvgIpc) is 2.90. The molecular formula is C24H40Co4O24. The van der Waals surface area contributed by atoms with E-state index >= 15 is 0 Å². The van der Waals surface area contributed by atoms with Gasteiger partial charge < -0.3 is 120 Å². The van der Waals surface area contributed by atoms with Crippen molar-refractivity contribution in [2.24, 2.45) is 0 Å². The van der Waals surface area contributed by atoms with Gasteiger partial charge in [-0.15, -0.1) is 0 Å². The van der Waals surface area contributed by atoms with Crippen molar-refractivity contribution >= 4 is 47.8 Å². The van der Waals surface area contributed by atoms with E-state index in [4.69, 9.17) is 40.9 Å². The van der Waals surface area contributed by atoms with Crippen molar-refractivity contribution in [1.29, 1.82) is 0 Å². The van der Waals surface area contributed by atoms with Gasteiger partial charge in [0.05, 0.1) is 96.6 Å². The SMILES string of the molecule is CC(O)C(=O)[O-].CC(O)C(=O)[O-].CC(O)C(=O)[O-].CC(O)C(=O)[O-].CC(O)C(=O)[O-].CC(O)C(=O)[O-].CC(O)C(=O)[O-].CC(O)C(=O)[O-].[Co+2].[Co+2].[Co+2].[Co+2]. The third-order valence-corrected chi connectivity index (χ3v) is 2.73. The normalized spacial score (nSPS) is 12.6. The van der Waals surface area contributed by atoms with Crippen LogP contribution in [-0.2, 0) is 105 Å². The van der Waals surface area contributed by atoms with Gasteiger partial charge in [-0.1, -0.05) is 0 Å². The molecule has 0 aliphatic carbocycles. The number of aliphatic carboxylic acids is 8. The van der Waals surface area contributed by atoms with Gasteiger partial charge in [-0.3, -0.25) is 0 Å². The molecule has 0 aromatic rings. The second-order valence-corrected chi connectivity index (χ2v) is 7.96. The quantitative estimate of drug-likeness (QED) is 0.112. The van der Waals surface area contributed by atoms with Crippen LogP contribution in [0.2, 0.25) is 0 Å². The predicted octanol–water partition coefficient (Wildman–Crippen LogP) is -15.1. The number of hydrogen-bond donors (Lipinski definition) is 8. The number of carboxylic acid groups (broad SMARTS) is 8. The summed E-state index contributed by atoms with van der Waals surface area (Å²) in [6, 6.07) is 0. The Labute approximate surface area is 337 Å². The summed E-state index contributed by atoms with van der Waals surface area (Å²) in [5.74, 6) is -11.5. The van der Waals surface area contributed by atoms with Gasteiger partial charge >= 0.3 is 67.1 Å². The summed E-state index contributed by atoms with van der Waals surface area (Å²) in [5, 5.41) is 138. The van der Waals surface area contributed by atoms with E-state index in [1.54, 1.807) is 0 Å². The molecule has 52 heavy (non-hydrogen) atoms. The minimum atomic E-state index is -1.44. The number of aliphatic hydroxyl groups excluding tert-OH is 8. The molecule has 0 aliphatic heterocycles. The maximum Gasteiger partial charge on any atom is 2.00 e. The third kappa shape index (κ3) is 118. The van der Waals surface area contributed by atoms with Crippen molar-refractivity contribution in [2.45, 2.75) is 104 Å². The van der Waals surface area contributed by atoms with Crippen LogP contribution in [0.4, 0.5) is 0 Å². The summed E-state index contributed by atoms with van der Waals surface area (Å²) >= 11 is 0. The van der Waals surface area contributed by atoms with E-state index in [2.05, 4.69) is 0 Å². The largest absolute Gasteiger partial charge is 2.00 e. The van der Waals surface area contributed by atoms with Crippen LogP contribution in [0.1, 0.15) is 55.4 Å². The molecular weight excluding hydrogens is 908 g/mol.